The van der Waals surface area contributed by atoms with Gasteiger partial charge in [0.05, 0.1) is 18.8 Å². The Labute approximate surface area is 176 Å². The van der Waals surface area contributed by atoms with Gasteiger partial charge < -0.3 is 18.6 Å². The minimum absolute atomic E-state index is 0.0282. The molecule has 2 amide bonds. The van der Waals surface area contributed by atoms with Crippen LogP contribution in [0.4, 0.5) is 4.79 Å². The molecule has 168 valence electrons. The molecule has 0 aromatic carbocycles. The molecule has 2 fully saturated rings. The van der Waals surface area contributed by atoms with Gasteiger partial charge in [0, 0.05) is 6.42 Å². The second-order valence-corrected chi connectivity index (χ2v) is 15.8. The molecule has 8 heteroatoms. The van der Waals surface area contributed by atoms with Crippen LogP contribution in [0.1, 0.15) is 68.2 Å². The van der Waals surface area contributed by atoms with E-state index in [0.29, 0.717) is 13.0 Å². The first-order chi connectivity index (χ1) is 12.9. The molecule has 2 aliphatic heterocycles. The number of ether oxygens (including phenoxy) is 3. The molecular formula is C21H39NO6Si. The number of likely N-dealkylation sites (tertiary alicyclic amines) is 1. The van der Waals surface area contributed by atoms with Crippen LogP contribution in [0.2, 0.25) is 18.1 Å². The molecule has 0 radical (unpaired) electrons. The zero-order valence-electron chi connectivity index (χ0n) is 19.8. The molecule has 0 bridgehead atoms. The quantitative estimate of drug-likeness (QED) is 0.615. The highest BCUT2D eigenvalue weighted by molar-refractivity contribution is 6.74. The Hall–Kier alpha value is -0.963. The molecule has 2 heterocycles. The van der Waals surface area contributed by atoms with Gasteiger partial charge >= 0.3 is 6.09 Å². The zero-order valence-corrected chi connectivity index (χ0v) is 20.8. The van der Waals surface area contributed by atoms with Crippen LogP contribution in [0.15, 0.2) is 0 Å². The van der Waals surface area contributed by atoms with Gasteiger partial charge in [-0.15, -0.1) is 0 Å². The molecule has 7 nitrogen and oxygen atoms in total. The van der Waals surface area contributed by atoms with Crippen molar-refractivity contribution < 1.29 is 28.2 Å². The Morgan fingerprint density at radius 3 is 2.24 bits per heavy atom. The number of hydrogen-bond donors (Lipinski definition) is 0. The standard InChI is InChI=1S/C21H39NO6Si/c1-19(2,3)27-18(24)22-14(11-12-16(22)23)17(15-13-25-21(7,8)26-15)28-29(9,10)20(4,5)6/h14-15,17H,11-13H2,1-10H3/t14-,15-,17+/m1/s1. The molecule has 2 rings (SSSR count). The molecule has 0 saturated carbocycles. The number of rotatable bonds is 4. The van der Waals surface area contributed by atoms with E-state index in [1.54, 1.807) is 20.8 Å². The van der Waals surface area contributed by atoms with Crippen molar-refractivity contribution >= 4 is 20.3 Å². The van der Waals surface area contributed by atoms with Crippen molar-refractivity contribution in [2.45, 2.75) is 116 Å². The van der Waals surface area contributed by atoms with Gasteiger partial charge in [-0.3, -0.25) is 4.79 Å². The summed E-state index contributed by atoms with van der Waals surface area (Å²) in [6.45, 7) is 20.3. The highest BCUT2D eigenvalue weighted by Crippen LogP contribution is 2.41. The number of amides is 2. The lowest BCUT2D eigenvalue weighted by Gasteiger charge is -2.43. The highest BCUT2D eigenvalue weighted by Gasteiger charge is 2.52. The molecule has 3 atom stereocenters. The van der Waals surface area contributed by atoms with Crippen molar-refractivity contribution in [2.24, 2.45) is 0 Å². The molecule has 0 aromatic heterocycles. The lowest BCUT2D eigenvalue weighted by molar-refractivity contribution is -0.154. The van der Waals surface area contributed by atoms with Crippen LogP contribution in [0.3, 0.4) is 0 Å². The first-order valence-electron chi connectivity index (χ1n) is 10.5. The van der Waals surface area contributed by atoms with Gasteiger partial charge in [-0.1, -0.05) is 20.8 Å². The lowest BCUT2D eigenvalue weighted by Crippen LogP contribution is -2.57. The van der Waals surface area contributed by atoms with Gasteiger partial charge in [-0.05, 0) is 59.2 Å². The van der Waals surface area contributed by atoms with Crippen molar-refractivity contribution in [3.05, 3.63) is 0 Å². The third-order valence-electron chi connectivity index (χ3n) is 5.86. The smallest absolute Gasteiger partial charge is 0.417 e. The average molecular weight is 430 g/mol. The van der Waals surface area contributed by atoms with E-state index in [0.717, 1.165) is 0 Å². The average Bonchev–Trinajstić information content (AvgIpc) is 3.04. The zero-order chi connectivity index (χ0) is 22.4. The number of carbonyl (C=O) groups excluding carboxylic acids is 2. The second-order valence-electron chi connectivity index (χ2n) is 11.1. The molecule has 29 heavy (non-hydrogen) atoms. The largest absolute Gasteiger partial charge is 0.443 e. The summed E-state index contributed by atoms with van der Waals surface area (Å²) in [7, 11) is -2.21. The van der Waals surface area contributed by atoms with Gasteiger partial charge in [0.2, 0.25) is 5.91 Å². The summed E-state index contributed by atoms with van der Waals surface area (Å²) in [6, 6.07) is -0.436. The normalized spacial score (nSPS) is 26.7. The summed E-state index contributed by atoms with van der Waals surface area (Å²) in [6.07, 6.45) is -0.626. The maximum Gasteiger partial charge on any atom is 0.417 e. The molecule has 0 unspecified atom stereocenters. The number of hydrogen-bond acceptors (Lipinski definition) is 6. The van der Waals surface area contributed by atoms with Gasteiger partial charge in [0.1, 0.15) is 11.7 Å². The van der Waals surface area contributed by atoms with Gasteiger partial charge in [-0.25, -0.2) is 9.69 Å². The van der Waals surface area contributed by atoms with E-state index >= 15 is 0 Å². The summed E-state index contributed by atoms with van der Waals surface area (Å²) < 4.78 is 24.2. The van der Waals surface area contributed by atoms with Crippen LogP contribution in [0.5, 0.6) is 0 Å². The molecule has 0 N–H and O–H groups in total. The van der Waals surface area contributed by atoms with Gasteiger partial charge in [0.25, 0.3) is 0 Å². The molecule has 2 saturated heterocycles. The number of carbonyl (C=O) groups is 2. The van der Waals surface area contributed by atoms with E-state index in [4.69, 9.17) is 18.6 Å². The second kappa shape index (κ2) is 7.94. The van der Waals surface area contributed by atoms with E-state index in [-0.39, 0.29) is 23.5 Å². The van der Waals surface area contributed by atoms with Gasteiger partial charge in [-0.2, -0.15) is 0 Å². The molecule has 2 aliphatic rings. The van der Waals surface area contributed by atoms with Crippen molar-refractivity contribution in [2.75, 3.05) is 6.61 Å². The maximum absolute atomic E-state index is 12.9. The van der Waals surface area contributed by atoms with Crippen LogP contribution >= 0.6 is 0 Å². The van der Waals surface area contributed by atoms with Gasteiger partial charge in [0.15, 0.2) is 14.1 Å². The summed E-state index contributed by atoms with van der Waals surface area (Å²) >= 11 is 0. The van der Waals surface area contributed by atoms with Crippen LogP contribution in [-0.2, 0) is 23.4 Å². The predicted octanol–water partition coefficient (Wildman–Crippen LogP) is 4.45. The lowest BCUT2D eigenvalue weighted by atomic mass is 10.0. The van der Waals surface area contributed by atoms with Crippen LogP contribution in [-0.4, -0.2) is 61.5 Å². The van der Waals surface area contributed by atoms with Crippen LogP contribution in [0, 0.1) is 0 Å². The predicted molar refractivity (Wildman–Crippen MR) is 113 cm³/mol. The van der Waals surface area contributed by atoms with E-state index in [2.05, 4.69) is 33.9 Å². The Kier molecular flexibility index (Phi) is 6.66. The van der Waals surface area contributed by atoms with Crippen LogP contribution in [0.25, 0.3) is 0 Å². The fraction of sp³-hybridized carbons (Fsp3) is 0.905. The van der Waals surface area contributed by atoms with Crippen molar-refractivity contribution in [1.82, 2.24) is 4.90 Å². The van der Waals surface area contributed by atoms with E-state index in [9.17, 15) is 9.59 Å². The first kappa shape index (κ1) is 24.3. The molecule has 0 spiro atoms. The fourth-order valence-corrected chi connectivity index (χ4v) is 4.70. The summed E-state index contributed by atoms with van der Waals surface area (Å²) in [5.74, 6) is -0.953. The van der Waals surface area contributed by atoms with E-state index in [1.165, 1.54) is 4.90 Å². The first-order valence-corrected chi connectivity index (χ1v) is 13.4. The fourth-order valence-electron chi connectivity index (χ4n) is 3.36. The highest BCUT2D eigenvalue weighted by atomic mass is 28.4. The molecule has 0 aromatic rings. The Bertz CT molecular complexity index is 634. The molecule has 0 aliphatic carbocycles. The van der Waals surface area contributed by atoms with Crippen LogP contribution < -0.4 is 0 Å². The van der Waals surface area contributed by atoms with E-state index in [1.807, 2.05) is 13.8 Å². The Balaban J connectivity index is 2.36. The summed E-state index contributed by atoms with van der Waals surface area (Å²) in [5, 5.41) is -0.0282. The van der Waals surface area contributed by atoms with Crippen molar-refractivity contribution in [1.29, 1.82) is 0 Å². The third kappa shape index (κ3) is 5.80. The van der Waals surface area contributed by atoms with Crippen molar-refractivity contribution in [3.8, 4) is 0 Å². The monoisotopic (exact) mass is 429 g/mol. The third-order valence-corrected chi connectivity index (χ3v) is 10.3. The summed E-state index contributed by atoms with van der Waals surface area (Å²) in [4.78, 5) is 26.7. The molecular weight excluding hydrogens is 390 g/mol. The Morgan fingerprint density at radius 2 is 1.79 bits per heavy atom. The number of imide groups is 1. The maximum atomic E-state index is 12.9. The summed E-state index contributed by atoms with van der Waals surface area (Å²) in [5.41, 5.74) is -0.685. The minimum atomic E-state index is -2.21. The Morgan fingerprint density at radius 1 is 1.21 bits per heavy atom. The number of nitrogens with zero attached hydrogens (tertiary/aromatic N) is 1. The van der Waals surface area contributed by atoms with E-state index < -0.39 is 37.9 Å². The minimum Gasteiger partial charge on any atom is -0.443 e. The topological polar surface area (TPSA) is 74.3 Å². The SMILES string of the molecule is CC(C)(C)OC(=O)N1C(=O)CC[C@@H]1[C@H](O[Si](C)(C)C(C)(C)C)[C@H]1COC(C)(C)O1. The van der Waals surface area contributed by atoms with Crippen molar-refractivity contribution in [3.63, 3.8) is 0 Å².